The predicted molar refractivity (Wildman–Crippen MR) is 67.8 cm³/mol. The normalized spacial score (nSPS) is 14.2. The summed E-state index contributed by atoms with van der Waals surface area (Å²) in [6, 6.07) is 1.80. The van der Waals surface area contributed by atoms with Crippen LogP contribution in [0.2, 0.25) is 0 Å². The third kappa shape index (κ3) is 2.40. The molecule has 0 saturated carbocycles. The number of aromatic nitrogens is 4. The Morgan fingerprint density at radius 1 is 1.47 bits per heavy atom. The first-order valence-electron chi connectivity index (χ1n) is 6.08. The SMILES string of the molecule is Nc1ncc2c(n1)CN(C(=O)Cn1cccn1)CC2. The molecule has 0 fully saturated rings. The van der Waals surface area contributed by atoms with Gasteiger partial charge in [0.15, 0.2) is 0 Å². The zero-order valence-electron chi connectivity index (χ0n) is 10.4. The minimum atomic E-state index is 0.0338. The van der Waals surface area contributed by atoms with Gasteiger partial charge >= 0.3 is 0 Å². The molecule has 1 aliphatic heterocycles. The quantitative estimate of drug-likeness (QED) is 0.808. The smallest absolute Gasteiger partial charge is 0.244 e. The fourth-order valence-electron chi connectivity index (χ4n) is 2.16. The Hall–Kier alpha value is -2.44. The highest BCUT2D eigenvalue weighted by atomic mass is 16.2. The number of carbonyl (C=O) groups excluding carboxylic acids is 1. The van der Waals surface area contributed by atoms with Crippen molar-refractivity contribution in [3.05, 3.63) is 35.9 Å². The van der Waals surface area contributed by atoms with Gasteiger partial charge in [-0.1, -0.05) is 0 Å². The van der Waals surface area contributed by atoms with E-state index < -0.39 is 0 Å². The van der Waals surface area contributed by atoms with Gasteiger partial charge in [0.25, 0.3) is 0 Å². The van der Waals surface area contributed by atoms with Crippen LogP contribution in [0, 0.1) is 0 Å². The third-order valence-electron chi connectivity index (χ3n) is 3.17. The molecule has 0 aliphatic carbocycles. The van der Waals surface area contributed by atoms with E-state index in [0.29, 0.717) is 13.1 Å². The molecule has 3 heterocycles. The topological polar surface area (TPSA) is 89.9 Å². The van der Waals surface area contributed by atoms with Crippen LogP contribution >= 0.6 is 0 Å². The lowest BCUT2D eigenvalue weighted by Crippen LogP contribution is -2.38. The standard InChI is InChI=1S/C12H14N6O/c13-12-14-6-9-2-5-17(7-10(9)16-12)11(19)8-18-4-1-3-15-18/h1,3-4,6H,2,5,7-8H2,(H2,13,14,16). The van der Waals surface area contributed by atoms with Gasteiger partial charge in [0.05, 0.1) is 12.2 Å². The lowest BCUT2D eigenvalue weighted by atomic mass is 10.1. The average Bonchev–Trinajstić information content (AvgIpc) is 2.90. The lowest BCUT2D eigenvalue weighted by Gasteiger charge is -2.27. The molecule has 0 unspecified atom stereocenters. The fraction of sp³-hybridized carbons (Fsp3) is 0.333. The highest BCUT2D eigenvalue weighted by molar-refractivity contribution is 5.76. The number of amides is 1. The van der Waals surface area contributed by atoms with Gasteiger partial charge in [-0.3, -0.25) is 9.48 Å². The van der Waals surface area contributed by atoms with Crippen molar-refractivity contribution in [2.24, 2.45) is 0 Å². The van der Waals surface area contributed by atoms with Crippen LogP contribution in [-0.2, 0) is 24.3 Å². The summed E-state index contributed by atoms with van der Waals surface area (Å²) in [6.45, 7) is 1.42. The summed E-state index contributed by atoms with van der Waals surface area (Å²) >= 11 is 0. The highest BCUT2D eigenvalue weighted by Crippen LogP contribution is 2.17. The first-order chi connectivity index (χ1) is 9.22. The molecule has 7 nitrogen and oxygen atoms in total. The fourth-order valence-corrected chi connectivity index (χ4v) is 2.16. The first-order valence-corrected chi connectivity index (χ1v) is 6.08. The zero-order chi connectivity index (χ0) is 13.2. The van der Waals surface area contributed by atoms with Crippen molar-refractivity contribution in [1.29, 1.82) is 0 Å². The molecule has 3 rings (SSSR count). The van der Waals surface area contributed by atoms with E-state index in [4.69, 9.17) is 5.73 Å². The number of fused-ring (bicyclic) bond motifs is 1. The van der Waals surface area contributed by atoms with Gasteiger partial charge in [-0.05, 0) is 18.1 Å². The van der Waals surface area contributed by atoms with Gasteiger partial charge in [-0.25, -0.2) is 9.97 Å². The Bertz CT molecular complexity index is 594. The van der Waals surface area contributed by atoms with Crippen LogP contribution in [0.3, 0.4) is 0 Å². The number of carbonyl (C=O) groups is 1. The Morgan fingerprint density at radius 3 is 3.16 bits per heavy atom. The predicted octanol–water partition coefficient (Wildman–Crippen LogP) is -0.160. The number of hydrogen-bond acceptors (Lipinski definition) is 5. The molecule has 2 aromatic heterocycles. The van der Waals surface area contributed by atoms with Crippen molar-refractivity contribution < 1.29 is 4.79 Å². The second kappa shape index (κ2) is 4.68. The Balaban J connectivity index is 1.72. The van der Waals surface area contributed by atoms with Crippen molar-refractivity contribution in [2.75, 3.05) is 12.3 Å². The third-order valence-corrected chi connectivity index (χ3v) is 3.17. The van der Waals surface area contributed by atoms with Crippen LogP contribution in [-0.4, -0.2) is 37.1 Å². The minimum absolute atomic E-state index is 0.0338. The van der Waals surface area contributed by atoms with Gasteiger partial charge in [0, 0.05) is 25.1 Å². The molecular weight excluding hydrogens is 244 g/mol. The molecule has 0 radical (unpaired) electrons. The summed E-state index contributed by atoms with van der Waals surface area (Å²) < 4.78 is 1.62. The molecule has 0 bridgehead atoms. The zero-order valence-corrected chi connectivity index (χ0v) is 10.4. The van der Waals surface area contributed by atoms with Crippen molar-refractivity contribution in [2.45, 2.75) is 19.5 Å². The molecule has 0 aromatic carbocycles. The van der Waals surface area contributed by atoms with E-state index >= 15 is 0 Å². The van der Waals surface area contributed by atoms with Crippen molar-refractivity contribution in [1.82, 2.24) is 24.6 Å². The van der Waals surface area contributed by atoms with Crippen molar-refractivity contribution in [3.8, 4) is 0 Å². The summed E-state index contributed by atoms with van der Waals surface area (Å²) in [5.74, 6) is 0.284. The number of nitrogens with zero attached hydrogens (tertiary/aromatic N) is 5. The lowest BCUT2D eigenvalue weighted by molar-refractivity contribution is -0.133. The van der Waals surface area contributed by atoms with Gasteiger partial charge in [-0.2, -0.15) is 5.10 Å². The van der Waals surface area contributed by atoms with Crippen molar-refractivity contribution in [3.63, 3.8) is 0 Å². The molecule has 0 atom stereocenters. The largest absolute Gasteiger partial charge is 0.368 e. The number of nitrogens with two attached hydrogens (primary N) is 1. The van der Waals surface area contributed by atoms with E-state index in [1.165, 1.54) is 0 Å². The van der Waals surface area contributed by atoms with Crippen LogP contribution in [0.15, 0.2) is 24.7 Å². The minimum Gasteiger partial charge on any atom is -0.368 e. The molecular formula is C12H14N6O. The number of anilines is 1. The summed E-state index contributed by atoms with van der Waals surface area (Å²) in [7, 11) is 0. The first kappa shape index (κ1) is 11.6. The summed E-state index contributed by atoms with van der Waals surface area (Å²) in [6.07, 6.45) is 5.94. The van der Waals surface area contributed by atoms with Crippen molar-refractivity contribution >= 4 is 11.9 Å². The van der Waals surface area contributed by atoms with E-state index in [1.807, 2.05) is 0 Å². The van der Waals surface area contributed by atoms with Crippen LogP contribution in [0.25, 0.3) is 0 Å². The summed E-state index contributed by atoms with van der Waals surface area (Å²) in [5.41, 5.74) is 7.48. The van der Waals surface area contributed by atoms with E-state index in [0.717, 1.165) is 17.7 Å². The molecule has 1 aliphatic rings. The molecule has 1 amide bonds. The monoisotopic (exact) mass is 258 g/mol. The number of rotatable bonds is 2. The van der Waals surface area contributed by atoms with Gasteiger partial charge in [0.1, 0.15) is 6.54 Å². The molecule has 7 heteroatoms. The van der Waals surface area contributed by atoms with Crippen LogP contribution < -0.4 is 5.73 Å². The maximum Gasteiger partial charge on any atom is 0.244 e. The van der Waals surface area contributed by atoms with E-state index in [-0.39, 0.29) is 18.4 Å². The molecule has 0 spiro atoms. The highest BCUT2D eigenvalue weighted by Gasteiger charge is 2.22. The Kier molecular flexibility index (Phi) is 2.86. The van der Waals surface area contributed by atoms with Gasteiger partial charge in [-0.15, -0.1) is 0 Å². The summed E-state index contributed by atoms with van der Waals surface area (Å²) in [4.78, 5) is 22.1. The number of hydrogen-bond donors (Lipinski definition) is 1. The molecule has 19 heavy (non-hydrogen) atoms. The maximum absolute atomic E-state index is 12.2. The summed E-state index contributed by atoms with van der Waals surface area (Å²) in [5, 5.41) is 4.03. The number of nitrogen functional groups attached to an aromatic ring is 1. The van der Waals surface area contributed by atoms with E-state index in [9.17, 15) is 4.79 Å². The molecule has 2 aromatic rings. The average molecular weight is 258 g/mol. The Morgan fingerprint density at radius 2 is 2.37 bits per heavy atom. The molecule has 2 N–H and O–H groups in total. The second-order valence-corrected chi connectivity index (χ2v) is 4.47. The van der Waals surface area contributed by atoms with E-state index in [1.54, 1.807) is 34.2 Å². The van der Waals surface area contributed by atoms with Gasteiger partial charge < -0.3 is 10.6 Å². The van der Waals surface area contributed by atoms with Crippen LogP contribution in [0.5, 0.6) is 0 Å². The Labute approximate surface area is 110 Å². The maximum atomic E-state index is 12.2. The van der Waals surface area contributed by atoms with Crippen LogP contribution in [0.1, 0.15) is 11.3 Å². The molecule has 0 saturated heterocycles. The van der Waals surface area contributed by atoms with Gasteiger partial charge in [0.2, 0.25) is 11.9 Å². The van der Waals surface area contributed by atoms with E-state index in [2.05, 4.69) is 15.1 Å². The van der Waals surface area contributed by atoms with Crippen LogP contribution in [0.4, 0.5) is 5.95 Å². The molecule has 98 valence electrons. The second-order valence-electron chi connectivity index (χ2n) is 4.47.